The topological polar surface area (TPSA) is 67.4 Å². The maximum atomic E-state index is 13.5. The third kappa shape index (κ3) is 6.24. The predicted octanol–water partition coefficient (Wildman–Crippen LogP) is 3.58. The van der Waals surface area contributed by atoms with Crippen molar-refractivity contribution in [1.29, 1.82) is 0 Å². The van der Waals surface area contributed by atoms with Gasteiger partial charge in [-0.15, -0.1) is 11.8 Å². The Kier molecular flexibility index (Phi) is 7.74. The molecule has 2 N–H and O–H groups in total. The molecule has 0 saturated carbocycles. The standard InChI is InChI=1S/C18H18ClFN2O3S/c1-12(25-15-8-4-3-7-14(15)20)18(24)22-21-17(23)10-11-26-16-9-5-2-6-13(16)19/h2-9,12H,10-11H2,1H3,(H,21,23)(H,22,24). The van der Waals surface area contributed by atoms with Crippen molar-refractivity contribution in [3.05, 3.63) is 59.4 Å². The van der Waals surface area contributed by atoms with Crippen molar-refractivity contribution >= 4 is 35.2 Å². The van der Waals surface area contributed by atoms with E-state index in [1.54, 1.807) is 12.1 Å². The Balaban J connectivity index is 1.70. The highest BCUT2D eigenvalue weighted by molar-refractivity contribution is 7.99. The molecule has 0 spiro atoms. The van der Waals surface area contributed by atoms with Crippen molar-refractivity contribution in [3.63, 3.8) is 0 Å². The monoisotopic (exact) mass is 396 g/mol. The lowest BCUT2D eigenvalue weighted by Crippen LogP contribution is -2.47. The van der Waals surface area contributed by atoms with Crippen LogP contribution in [0.4, 0.5) is 4.39 Å². The molecule has 5 nitrogen and oxygen atoms in total. The van der Waals surface area contributed by atoms with Gasteiger partial charge in [0.1, 0.15) is 0 Å². The number of thioether (sulfide) groups is 1. The maximum absolute atomic E-state index is 13.5. The second-order valence-corrected chi connectivity index (χ2v) is 6.80. The molecular weight excluding hydrogens is 379 g/mol. The van der Waals surface area contributed by atoms with Gasteiger partial charge >= 0.3 is 0 Å². The van der Waals surface area contributed by atoms with Gasteiger partial charge in [0.25, 0.3) is 5.91 Å². The summed E-state index contributed by atoms with van der Waals surface area (Å²) in [5.74, 6) is -1.02. The Morgan fingerprint density at radius 1 is 1.15 bits per heavy atom. The number of carbonyl (C=O) groups is 2. The van der Waals surface area contributed by atoms with E-state index in [-0.39, 0.29) is 18.1 Å². The summed E-state index contributed by atoms with van der Waals surface area (Å²) in [6.07, 6.45) is -0.775. The molecule has 2 aromatic rings. The molecule has 0 aliphatic carbocycles. The number of hydrogen-bond acceptors (Lipinski definition) is 4. The highest BCUT2D eigenvalue weighted by atomic mass is 35.5. The number of halogens is 2. The molecule has 0 heterocycles. The van der Waals surface area contributed by atoms with Gasteiger partial charge in [-0.1, -0.05) is 35.9 Å². The molecule has 2 rings (SSSR count). The number of hydrazine groups is 1. The number of para-hydroxylation sites is 1. The fourth-order valence-electron chi connectivity index (χ4n) is 1.90. The summed E-state index contributed by atoms with van der Waals surface area (Å²) in [6.45, 7) is 1.46. The zero-order valence-corrected chi connectivity index (χ0v) is 15.6. The van der Waals surface area contributed by atoms with E-state index in [9.17, 15) is 14.0 Å². The van der Waals surface area contributed by atoms with Crippen molar-refractivity contribution < 1.29 is 18.7 Å². The third-order valence-corrected chi connectivity index (χ3v) is 4.77. The van der Waals surface area contributed by atoms with E-state index in [0.29, 0.717) is 10.8 Å². The number of benzene rings is 2. The van der Waals surface area contributed by atoms with Gasteiger partial charge in [0.05, 0.1) is 5.02 Å². The number of rotatable bonds is 7. The summed E-state index contributed by atoms with van der Waals surface area (Å²) < 4.78 is 18.7. The molecule has 8 heteroatoms. The van der Waals surface area contributed by atoms with Crippen molar-refractivity contribution in [1.82, 2.24) is 10.9 Å². The molecule has 0 aliphatic heterocycles. The zero-order valence-electron chi connectivity index (χ0n) is 14.0. The Labute approximate surface area is 160 Å². The average Bonchev–Trinajstić information content (AvgIpc) is 2.63. The van der Waals surface area contributed by atoms with Gasteiger partial charge in [-0.2, -0.15) is 0 Å². The molecule has 2 aromatic carbocycles. The summed E-state index contributed by atoms with van der Waals surface area (Å²) in [5.41, 5.74) is 4.57. The van der Waals surface area contributed by atoms with Gasteiger partial charge in [-0.3, -0.25) is 20.4 Å². The fourth-order valence-corrected chi connectivity index (χ4v) is 3.08. The molecular formula is C18H18ClFN2O3S. The number of ether oxygens (including phenoxy) is 1. The lowest BCUT2D eigenvalue weighted by atomic mass is 10.3. The van der Waals surface area contributed by atoms with E-state index in [1.165, 1.54) is 36.9 Å². The van der Waals surface area contributed by atoms with E-state index in [4.69, 9.17) is 16.3 Å². The van der Waals surface area contributed by atoms with Crippen LogP contribution in [0.3, 0.4) is 0 Å². The van der Waals surface area contributed by atoms with Crippen LogP contribution in [0.25, 0.3) is 0 Å². The van der Waals surface area contributed by atoms with Crippen LogP contribution in [-0.4, -0.2) is 23.7 Å². The Morgan fingerprint density at radius 3 is 2.58 bits per heavy atom. The highest BCUT2D eigenvalue weighted by Gasteiger charge is 2.17. The molecule has 1 unspecified atom stereocenters. The summed E-state index contributed by atoms with van der Waals surface area (Å²) in [5, 5.41) is 0.630. The summed E-state index contributed by atoms with van der Waals surface area (Å²) in [6, 6.07) is 13.1. The summed E-state index contributed by atoms with van der Waals surface area (Å²) in [7, 11) is 0. The van der Waals surface area contributed by atoms with Gasteiger partial charge in [0.2, 0.25) is 5.91 Å². The highest BCUT2D eigenvalue weighted by Crippen LogP contribution is 2.26. The minimum absolute atomic E-state index is 0.0300. The first-order chi connectivity index (χ1) is 12.5. The van der Waals surface area contributed by atoms with Crippen LogP contribution in [0.5, 0.6) is 5.75 Å². The summed E-state index contributed by atoms with van der Waals surface area (Å²) >= 11 is 7.48. The van der Waals surface area contributed by atoms with Crippen LogP contribution in [0.15, 0.2) is 53.4 Å². The largest absolute Gasteiger partial charge is 0.478 e. The molecule has 1 atom stereocenters. The molecule has 0 aliphatic rings. The first-order valence-corrected chi connectivity index (χ1v) is 9.21. The normalized spacial score (nSPS) is 11.5. The molecule has 0 bridgehead atoms. The second kappa shape index (κ2) is 10.0. The minimum Gasteiger partial charge on any atom is -0.478 e. The number of carbonyl (C=O) groups excluding carboxylic acids is 2. The van der Waals surface area contributed by atoms with Crippen molar-refractivity contribution in [2.45, 2.75) is 24.3 Å². The van der Waals surface area contributed by atoms with Crippen molar-refractivity contribution in [2.24, 2.45) is 0 Å². The third-order valence-electron chi connectivity index (χ3n) is 3.26. The predicted molar refractivity (Wildman–Crippen MR) is 99.6 cm³/mol. The molecule has 0 radical (unpaired) electrons. The van der Waals surface area contributed by atoms with Crippen LogP contribution in [0.2, 0.25) is 5.02 Å². The van der Waals surface area contributed by atoms with E-state index in [1.807, 2.05) is 18.2 Å². The van der Waals surface area contributed by atoms with Gasteiger partial charge in [0, 0.05) is 17.1 Å². The quantitative estimate of drug-likeness (QED) is 0.554. The SMILES string of the molecule is CC(Oc1ccccc1F)C(=O)NNC(=O)CCSc1ccccc1Cl. The van der Waals surface area contributed by atoms with Crippen LogP contribution in [0, 0.1) is 5.82 Å². The first-order valence-electron chi connectivity index (χ1n) is 7.84. The average molecular weight is 397 g/mol. The van der Waals surface area contributed by atoms with Gasteiger partial charge in [-0.05, 0) is 31.2 Å². The lowest BCUT2D eigenvalue weighted by molar-refractivity contribution is -0.132. The van der Waals surface area contributed by atoms with E-state index in [0.717, 1.165) is 4.90 Å². The number of nitrogens with one attached hydrogen (secondary N) is 2. The number of amides is 2. The van der Waals surface area contributed by atoms with Crippen molar-refractivity contribution in [2.75, 3.05) is 5.75 Å². The van der Waals surface area contributed by atoms with Gasteiger partial charge < -0.3 is 4.74 Å². The molecule has 138 valence electrons. The zero-order chi connectivity index (χ0) is 18.9. The molecule has 0 saturated heterocycles. The summed E-state index contributed by atoms with van der Waals surface area (Å²) in [4.78, 5) is 24.6. The van der Waals surface area contributed by atoms with Crippen LogP contribution in [0.1, 0.15) is 13.3 Å². The van der Waals surface area contributed by atoms with Crippen LogP contribution >= 0.6 is 23.4 Å². The van der Waals surface area contributed by atoms with Crippen molar-refractivity contribution in [3.8, 4) is 5.75 Å². The minimum atomic E-state index is -0.968. The first kappa shape index (κ1) is 20.1. The maximum Gasteiger partial charge on any atom is 0.279 e. The lowest BCUT2D eigenvalue weighted by Gasteiger charge is -2.15. The molecule has 0 fully saturated rings. The van der Waals surface area contributed by atoms with Gasteiger partial charge in [0.15, 0.2) is 17.7 Å². The molecule has 2 amide bonds. The number of hydrogen-bond donors (Lipinski definition) is 2. The fraction of sp³-hybridized carbons (Fsp3) is 0.222. The van der Waals surface area contributed by atoms with Crippen LogP contribution in [-0.2, 0) is 9.59 Å². The Morgan fingerprint density at radius 2 is 1.85 bits per heavy atom. The van der Waals surface area contributed by atoms with E-state index < -0.39 is 17.8 Å². The Bertz CT molecular complexity index is 776. The van der Waals surface area contributed by atoms with Gasteiger partial charge in [-0.25, -0.2) is 4.39 Å². The van der Waals surface area contributed by atoms with E-state index in [2.05, 4.69) is 10.9 Å². The smallest absolute Gasteiger partial charge is 0.279 e. The molecule has 0 aromatic heterocycles. The molecule has 26 heavy (non-hydrogen) atoms. The Hall–Kier alpha value is -2.25. The van der Waals surface area contributed by atoms with E-state index >= 15 is 0 Å². The van der Waals surface area contributed by atoms with Crippen LogP contribution < -0.4 is 15.6 Å². The second-order valence-electron chi connectivity index (χ2n) is 5.26.